The van der Waals surface area contributed by atoms with Gasteiger partial charge in [0.05, 0.1) is 23.7 Å². The van der Waals surface area contributed by atoms with Gasteiger partial charge >= 0.3 is 5.97 Å². The molecule has 1 aromatic carbocycles. The Bertz CT molecular complexity index is 632. The summed E-state index contributed by atoms with van der Waals surface area (Å²) in [6, 6.07) is 3.47. The van der Waals surface area contributed by atoms with Crippen LogP contribution in [0.3, 0.4) is 0 Å². The van der Waals surface area contributed by atoms with Crippen molar-refractivity contribution in [3.05, 3.63) is 23.8 Å². The van der Waals surface area contributed by atoms with E-state index in [1.807, 2.05) is 0 Å². The van der Waals surface area contributed by atoms with Crippen molar-refractivity contribution in [3.63, 3.8) is 0 Å². The lowest BCUT2D eigenvalue weighted by atomic mass is 10.2. The van der Waals surface area contributed by atoms with Crippen LogP contribution in [0, 0.1) is 0 Å². The summed E-state index contributed by atoms with van der Waals surface area (Å²) < 4.78 is 36.7. The van der Waals surface area contributed by atoms with E-state index in [1.165, 1.54) is 26.4 Å². The highest BCUT2D eigenvalue weighted by Crippen LogP contribution is 2.21. The smallest absolute Gasteiger partial charge is 0.337 e. The van der Waals surface area contributed by atoms with Crippen molar-refractivity contribution >= 4 is 21.7 Å². The van der Waals surface area contributed by atoms with Gasteiger partial charge in [0, 0.05) is 32.5 Å². The normalized spacial score (nSPS) is 12.8. The molecule has 3 N–H and O–H groups in total. The van der Waals surface area contributed by atoms with E-state index >= 15 is 0 Å². The molecular formula is C14H22N2O6S. The molecule has 0 fully saturated rings. The number of hydrogen-bond donors (Lipinski definition) is 3. The standard InChI is InChI=1S/C14H22N2O6S/c1-10(9-22-3)16-23(19,20)11-4-5-13(15-6-7-21-2)12(8-11)14(17)18/h4-5,8,10,15-16H,6-7,9H2,1-3H3,(H,17,18)/t10-/m1/s1. The van der Waals surface area contributed by atoms with E-state index in [9.17, 15) is 18.3 Å². The molecule has 23 heavy (non-hydrogen) atoms. The number of aromatic carboxylic acids is 1. The van der Waals surface area contributed by atoms with E-state index in [0.29, 0.717) is 18.8 Å². The maximum Gasteiger partial charge on any atom is 0.337 e. The molecule has 0 radical (unpaired) electrons. The van der Waals surface area contributed by atoms with E-state index < -0.39 is 22.0 Å². The summed E-state index contributed by atoms with van der Waals surface area (Å²) in [6.07, 6.45) is 0. The first-order valence-corrected chi connectivity index (χ1v) is 8.41. The van der Waals surface area contributed by atoms with Crippen molar-refractivity contribution in [2.75, 3.05) is 39.3 Å². The lowest BCUT2D eigenvalue weighted by Gasteiger charge is -2.15. The van der Waals surface area contributed by atoms with Crippen LogP contribution in [-0.4, -0.2) is 59.5 Å². The average Bonchev–Trinajstić information content (AvgIpc) is 2.47. The summed E-state index contributed by atoms with van der Waals surface area (Å²) in [4.78, 5) is 11.2. The molecule has 0 aliphatic carbocycles. The van der Waals surface area contributed by atoms with Crippen LogP contribution in [0.25, 0.3) is 0 Å². The summed E-state index contributed by atoms with van der Waals surface area (Å²) in [6.45, 7) is 2.67. The molecule has 130 valence electrons. The molecule has 0 saturated carbocycles. The summed E-state index contributed by atoms with van der Waals surface area (Å²) in [5.41, 5.74) is 0.210. The van der Waals surface area contributed by atoms with Crippen LogP contribution < -0.4 is 10.0 Å². The zero-order valence-corrected chi connectivity index (χ0v) is 14.1. The van der Waals surface area contributed by atoms with Gasteiger partial charge in [0.25, 0.3) is 0 Å². The molecule has 1 rings (SSSR count). The van der Waals surface area contributed by atoms with Gasteiger partial charge in [0.2, 0.25) is 10.0 Å². The minimum absolute atomic E-state index is 0.116. The number of hydrogen-bond acceptors (Lipinski definition) is 6. The van der Waals surface area contributed by atoms with Crippen LogP contribution in [-0.2, 0) is 19.5 Å². The van der Waals surface area contributed by atoms with Crippen molar-refractivity contribution in [1.29, 1.82) is 0 Å². The first-order chi connectivity index (χ1) is 10.8. The Hall–Kier alpha value is -1.68. The summed E-state index contributed by atoms with van der Waals surface area (Å²) >= 11 is 0. The first-order valence-electron chi connectivity index (χ1n) is 6.93. The van der Waals surface area contributed by atoms with Crippen molar-refractivity contribution in [2.45, 2.75) is 17.9 Å². The Kier molecular flexibility index (Phi) is 7.43. The second-order valence-electron chi connectivity index (χ2n) is 4.91. The Morgan fingerprint density at radius 3 is 2.57 bits per heavy atom. The Balaban J connectivity index is 3.04. The van der Waals surface area contributed by atoms with Gasteiger partial charge < -0.3 is 19.9 Å². The van der Waals surface area contributed by atoms with E-state index in [-0.39, 0.29) is 17.1 Å². The van der Waals surface area contributed by atoms with E-state index in [2.05, 4.69) is 10.0 Å². The predicted octanol–water partition coefficient (Wildman–Crippen LogP) is 0.756. The molecule has 0 aliphatic rings. The SMILES string of the molecule is COCCNc1ccc(S(=O)(=O)N[C@H](C)COC)cc1C(=O)O. The molecule has 8 nitrogen and oxygen atoms in total. The highest BCUT2D eigenvalue weighted by atomic mass is 32.2. The number of sulfonamides is 1. The number of rotatable bonds is 10. The number of carboxylic acid groups (broad SMARTS) is 1. The number of carbonyl (C=O) groups is 1. The van der Waals surface area contributed by atoms with E-state index in [0.717, 1.165) is 6.07 Å². The molecule has 0 unspecified atom stereocenters. The summed E-state index contributed by atoms with van der Waals surface area (Å²) in [7, 11) is -0.829. The van der Waals surface area contributed by atoms with E-state index in [1.54, 1.807) is 6.92 Å². The maximum atomic E-state index is 12.3. The Morgan fingerprint density at radius 1 is 1.30 bits per heavy atom. The van der Waals surface area contributed by atoms with Gasteiger partial charge in [-0.25, -0.2) is 17.9 Å². The fourth-order valence-corrected chi connectivity index (χ4v) is 3.18. The average molecular weight is 346 g/mol. The fourth-order valence-electron chi connectivity index (χ4n) is 1.93. The third-order valence-corrected chi connectivity index (χ3v) is 4.51. The third kappa shape index (κ3) is 5.79. The molecule has 1 atom stereocenters. The van der Waals surface area contributed by atoms with Gasteiger partial charge in [0.15, 0.2) is 0 Å². The molecule has 0 heterocycles. The Morgan fingerprint density at radius 2 is 2.00 bits per heavy atom. The van der Waals surface area contributed by atoms with Crippen molar-refractivity contribution in [2.24, 2.45) is 0 Å². The second-order valence-corrected chi connectivity index (χ2v) is 6.62. The van der Waals surface area contributed by atoms with Gasteiger partial charge in [0.1, 0.15) is 0 Å². The molecule has 0 bridgehead atoms. The first kappa shape index (κ1) is 19.4. The highest BCUT2D eigenvalue weighted by Gasteiger charge is 2.20. The van der Waals surface area contributed by atoms with Crippen LogP contribution in [0.15, 0.2) is 23.1 Å². The van der Waals surface area contributed by atoms with Crippen LogP contribution in [0.2, 0.25) is 0 Å². The molecule has 0 saturated heterocycles. The van der Waals surface area contributed by atoms with Crippen LogP contribution in [0.1, 0.15) is 17.3 Å². The maximum absolute atomic E-state index is 12.3. The van der Waals surface area contributed by atoms with Crippen molar-refractivity contribution in [3.8, 4) is 0 Å². The number of methoxy groups -OCH3 is 2. The Labute approximate surface area is 135 Å². The van der Waals surface area contributed by atoms with Gasteiger partial charge in [-0.15, -0.1) is 0 Å². The molecule has 0 aliphatic heterocycles. The lowest BCUT2D eigenvalue weighted by Crippen LogP contribution is -2.35. The van der Waals surface area contributed by atoms with Crippen LogP contribution >= 0.6 is 0 Å². The number of ether oxygens (including phenoxy) is 2. The van der Waals surface area contributed by atoms with Gasteiger partial charge in [-0.1, -0.05) is 0 Å². The fraction of sp³-hybridized carbons (Fsp3) is 0.500. The van der Waals surface area contributed by atoms with Crippen molar-refractivity contribution < 1.29 is 27.8 Å². The largest absolute Gasteiger partial charge is 0.478 e. The summed E-state index contributed by atoms with van der Waals surface area (Å²) in [5.74, 6) is -1.22. The third-order valence-electron chi connectivity index (χ3n) is 2.93. The molecule has 0 amide bonds. The molecule has 0 aromatic heterocycles. The number of carboxylic acids is 1. The molecule has 1 aromatic rings. The minimum Gasteiger partial charge on any atom is -0.478 e. The number of anilines is 1. The number of nitrogens with one attached hydrogen (secondary N) is 2. The topological polar surface area (TPSA) is 114 Å². The predicted molar refractivity (Wildman–Crippen MR) is 85.4 cm³/mol. The zero-order chi connectivity index (χ0) is 17.5. The highest BCUT2D eigenvalue weighted by molar-refractivity contribution is 7.89. The molecule has 9 heteroatoms. The zero-order valence-electron chi connectivity index (χ0n) is 13.3. The van der Waals surface area contributed by atoms with Crippen LogP contribution in [0.4, 0.5) is 5.69 Å². The monoisotopic (exact) mass is 346 g/mol. The summed E-state index contributed by atoms with van der Waals surface area (Å²) in [5, 5.41) is 12.2. The van der Waals surface area contributed by atoms with Gasteiger partial charge in [-0.05, 0) is 25.1 Å². The second kappa shape index (κ2) is 8.82. The quantitative estimate of drug-likeness (QED) is 0.536. The van der Waals surface area contributed by atoms with Crippen molar-refractivity contribution in [1.82, 2.24) is 4.72 Å². The molecule has 0 spiro atoms. The van der Waals surface area contributed by atoms with E-state index in [4.69, 9.17) is 9.47 Å². The molecular weight excluding hydrogens is 324 g/mol. The van der Waals surface area contributed by atoms with Gasteiger partial charge in [-0.2, -0.15) is 0 Å². The van der Waals surface area contributed by atoms with Crippen LogP contribution in [0.5, 0.6) is 0 Å². The number of benzene rings is 1. The van der Waals surface area contributed by atoms with Gasteiger partial charge in [-0.3, -0.25) is 0 Å². The minimum atomic E-state index is -3.83. The lowest BCUT2D eigenvalue weighted by molar-refractivity contribution is 0.0697.